The van der Waals surface area contributed by atoms with E-state index in [-0.39, 0.29) is 0 Å². The van der Waals surface area contributed by atoms with E-state index >= 15 is 0 Å². The Morgan fingerprint density at radius 2 is 2.33 bits per heavy atom. The number of rotatable bonds is 7. The fraction of sp³-hybridized carbons (Fsp3) is 0.727. The van der Waals surface area contributed by atoms with Gasteiger partial charge in [-0.2, -0.15) is 16.9 Å². The molecule has 0 fully saturated rings. The van der Waals surface area contributed by atoms with Crippen LogP contribution in [-0.2, 0) is 13.6 Å². The first-order chi connectivity index (χ1) is 8.77. The molecule has 0 aliphatic heterocycles. The van der Waals surface area contributed by atoms with Crippen molar-refractivity contribution in [2.45, 2.75) is 19.9 Å². The lowest BCUT2D eigenvalue weighted by Gasteiger charge is -2.10. The molecule has 1 aromatic rings. The van der Waals surface area contributed by atoms with Gasteiger partial charge in [-0.3, -0.25) is 4.68 Å². The van der Waals surface area contributed by atoms with E-state index in [0.29, 0.717) is 6.54 Å². The molecule has 0 saturated carbocycles. The summed E-state index contributed by atoms with van der Waals surface area (Å²) in [5.74, 6) is 2.85. The molecular formula is C11H22N6S. The number of thioether (sulfide) groups is 1. The summed E-state index contributed by atoms with van der Waals surface area (Å²) in [5, 5.41) is 10.5. The number of aryl methyl sites for hydroxylation is 1. The van der Waals surface area contributed by atoms with E-state index in [1.165, 1.54) is 0 Å². The van der Waals surface area contributed by atoms with Gasteiger partial charge in [-0.15, -0.1) is 0 Å². The summed E-state index contributed by atoms with van der Waals surface area (Å²) in [6.45, 7) is 4.38. The van der Waals surface area contributed by atoms with Crippen molar-refractivity contribution in [3.05, 3.63) is 12.2 Å². The van der Waals surface area contributed by atoms with Gasteiger partial charge in [0.15, 0.2) is 5.96 Å². The third-order valence-corrected chi connectivity index (χ3v) is 3.04. The zero-order valence-corrected chi connectivity index (χ0v) is 12.1. The fourth-order valence-electron chi connectivity index (χ4n) is 1.38. The number of guanidine groups is 1. The molecule has 6 nitrogen and oxygen atoms in total. The van der Waals surface area contributed by atoms with E-state index in [1.807, 2.05) is 18.8 Å². The zero-order chi connectivity index (χ0) is 13.2. The number of hydrogen-bond donors (Lipinski definition) is 2. The molecule has 0 unspecified atom stereocenters. The van der Waals surface area contributed by atoms with Crippen molar-refractivity contribution >= 4 is 17.7 Å². The lowest BCUT2D eigenvalue weighted by atomic mass is 10.5. The molecule has 102 valence electrons. The quantitative estimate of drug-likeness (QED) is 0.432. The molecule has 0 saturated heterocycles. The van der Waals surface area contributed by atoms with Gasteiger partial charge in [-0.1, -0.05) is 0 Å². The van der Waals surface area contributed by atoms with Gasteiger partial charge in [-0.05, 0) is 25.4 Å². The van der Waals surface area contributed by atoms with E-state index in [9.17, 15) is 0 Å². The van der Waals surface area contributed by atoms with E-state index in [4.69, 9.17) is 0 Å². The average molecular weight is 270 g/mol. The van der Waals surface area contributed by atoms with Crippen molar-refractivity contribution < 1.29 is 0 Å². The average Bonchev–Trinajstić information content (AvgIpc) is 2.77. The fourth-order valence-corrected chi connectivity index (χ4v) is 1.81. The Bertz CT molecular complexity index is 362. The van der Waals surface area contributed by atoms with E-state index in [0.717, 1.165) is 37.0 Å². The summed E-state index contributed by atoms with van der Waals surface area (Å²) >= 11 is 1.86. The zero-order valence-electron chi connectivity index (χ0n) is 11.3. The maximum atomic E-state index is 4.48. The van der Waals surface area contributed by atoms with Gasteiger partial charge in [0.1, 0.15) is 18.7 Å². The molecule has 0 aromatic carbocycles. The van der Waals surface area contributed by atoms with Crippen LogP contribution in [0, 0.1) is 0 Å². The molecule has 1 rings (SSSR count). The van der Waals surface area contributed by atoms with Gasteiger partial charge >= 0.3 is 0 Å². The monoisotopic (exact) mass is 270 g/mol. The summed E-state index contributed by atoms with van der Waals surface area (Å²) in [6, 6.07) is 0. The Hall–Kier alpha value is -1.24. The van der Waals surface area contributed by atoms with Gasteiger partial charge in [0, 0.05) is 20.1 Å². The van der Waals surface area contributed by atoms with Crippen molar-refractivity contribution in [2.75, 3.05) is 25.1 Å². The van der Waals surface area contributed by atoms with Gasteiger partial charge in [0.05, 0.1) is 0 Å². The first kappa shape index (κ1) is 14.8. The van der Waals surface area contributed by atoms with Crippen LogP contribution in [0.4, 0.5) is 0 Å². The Kier molecular flexibility index (Phi) is 7.24. The van der Waals surface area contributed by atoms with Crippen molar-refractivity contribution in [3.63, 3.8) is 0 Å². The molecule has 1 aromatic heterocycles. The van der Waals surface area contributed by atoms with Crippen LogP contribution in [-0.4, -0.2) is 45.8 Å². The molecule has 1 heterocycles. The Balaban J connectivity index is 2.42. The summed E-state index contributed by atoms with van der Waals surface area (Å²) in [7, 11) is 1.87. The molecular weight excluding hydrogens is 248 g/mol. The lowest BCUT2D eigenvalue weighted by Crippen LogP contribution is -2.38. The predicted octanol–water partition coefficient (Wildman–Crippen LogP) is 0.623. The van der Waals surface area contributed by atoms with Crippen molar-refractivity contribution in [1.82, 2.24) is 25.4 Å². The van der Waals surface area contributed by atoms with Crippen LogP contribution < -0.4 is 10.6 Å². The molecule has 0 bridgehead atoms. The normalized spacial score (nSPS) is 11.6. The van der Waals surface area contributed by atoms with E-state index in [1.54, 1.807) is 11.0 Å². The lowest BCUT2D eigenvalue weighted by molar-refractivity contribution is 0.697. The highest BCUT2D eigenvalue weighted by molar-refractivity contribution is 7.98. The van der Waals surface area contributed by atoms with Crippen LogP contribution in [0.3, 0.4) is 0 Å². The molecule has 0 amide bonds. The second-order valence-corrected chi connectivity index (χ2v) is 4.75. The standard InChI is InChI=1S/C11H22N6S/c1-4-12-11(13-6-5-7-18-3)14-8-10-15-9-16-17(10)2/h9H,4-8H2,1-3H3,(H2,12,13,14). The minimum absolute atomic E-state index is 0.536. The first-order valence-corrected chi connectivity index (χ1v) is 7.51. The second kappa shape index (κ2) is 8.79. The third kappa shape index (κ3) is 5.39. The van der Waals surface area contributed by atoms with Gasteiger partial charge < -0.3 is 10.6 Å². The number of nitrogens with one attached hydrogen (secondary N) is 2. The van der Waals surface area contributed by atoms with E-state index < -0.39 is 0 Å². The predicted molar refractivity (Wildman–Crippen MR) is 76.8 cm³/mol. The van der Waals surface area contributed by atoms with Crippen molar-refractivity contribution in [2.24, 2.45) is 12.0 Å². The van der Waals surface area contributed by atoms with Crippen molar-refractivity contribution in [1.29, 1.82) is 0 Å². The summed E-state index contributed by atoms with van der Waals surface area (Å²) in [4.78, 5) is 8.62. The van der Waals surface area contributed by atoms with Gasteiger partial charge in [0.25, 0.3) is 0 Å². The SMILES string of the molecule is CCNC(=NCc1ncnn1C)NCCCSC. The van der Waals surface area contributed by atoms with E-state index in [2.05, 4.69) is 38.9 Å². The highest BCUT2D eigenvalue weighted by Gasteiger charge is 2.00. The largest absolute Gasteiger partial charge is 0.357 e. The minimum Gasteiger partial charge on any atom is -0.357 e. The maximum absolute atomic E-state index is 4.48. The molecule has 0 atom stereocenters. The second-order valence-electron chi connectivity index (χ2n) is 3.77. The molecule has 0 aliphatic rings. The molecule has 7 heteroatoms. The highest BCUT2D eigenvalue weighted by atomic mass is 32.2. The number of aliphatic imine (C=N–C) groups is 1. The summed E-state index contributed by atoms with van der Waals surface area (Å²) < 4.78 is 1.74. The summed E-state index contributed by atoms with van der Waals surface area (Å²) in [6.07, 6.45) is 4.80. The number of nitrogens with zero attached hydrogens (tertiary/aromatic N) is 4. The molecule has 0 radical (unpaired) electrons. The minimum atomic E-state index is 0.536. The molecule has 0 aliphatic carbocycles. The van der Waals surface area contributed by atoms with Crippen LogP contribution >= 0.6 is 11.8 Å². The Labute approximate surface area is 113 Å². The third-order valence-electron chi connectivity index (χ3n) is 2.35. The van der Waals surface area contributed by atoms with Gasteiger partial charge in [0.2, 0.25) is 0 Å². The van der Waals surface area contributed by atoms with Gasteiger partial charge in [-0.25, -0.2) is 9.98 Å². The van der Waals surface area contributed by atoms with Crippen LogP contribution in [0.1, 0.15) is 19.2 Å². The highest BCUT2D eigenvalue weighted by Crippen LogP contribution is 1.95. The smallest absolute Gasteiger partial charge is 0.191 e. The summed E-state index contributed by atoms with van der Waals surface area (Å²) in [5.41, 5.74) is 0. The van der Waals surface area contributed by atoms with Crippen molar-refractivity contribution in [3.8, 4) is 0 Å². The number of aromatic nitrogens is 3. The molecule has 0 spiro atoms. The molecule has 2 N–H and O–H groups in total. The van der Waals surface area contributed by atoms with Crippen LogP contribution in [0.2, 0.25) is 0 Å². The molecule has 18 heavy (non-hydrogen) atoms. The Morgan fingerprint density at radius 1 is 1.50 bits per heavy atom. The van der Waals surface area contributed by atoms with Crippen LogP contribution in [0.5, 0.6) is 0 Å². The maximum Gasteiger partial charge on any atom is 0.191 e. The van der Waals surface area contributed by atoms with Crippen LogP contribution in [0.25, 0.3) is 0 Å². The number of hydrogen-bond acceptors (Lipinski definition) is 4. The topological polar surface area (TPSA) is 67.1 Å². The Morgan fingerprint density at radius 3 is 2.94 bits per heavy atom. The van der Waals surface area contributed by atoms with Crippen LogP contribution in [0.15, 0.2) is 11.3 Å². The first-order valence-electron chi connectivity index (χ1n) is 6.12.